The maximum absolute atomic E-state index is 9.20. The highest BCUT2D eigenvalue weighted by molar-refractivity contribution is 5.01. The van der Waals surface area contributed by atoms with Crippen molar-refractivity contribution in [3.05, 3.63) is 0 Å². The van der Waals surface area contributed by atoms with Gasteiger partial charge in [-0.2, -0.15) is 5.26 Å². The highest BCUT2D eigenvalue weighted by Crippen LogP contribution is 2.40. The van der Waals surface area contributed by atoms with Crippen LogP contribution in [0, 0.1) is 22.2 Å². The molecule has 0 aromatic carbocycles. The summed E-state index contributed by atoms with van der Waals surface area (Å²) in [6.45, 7) is 8.10. The topological polar surface area (TPSA) is 33.0 Å². The minimum Gasteiger partial charge on any atom is -0.381 e. The fraction of sp³-hybridized carbons (Fsp3) is 0.909. The van der Waals surface area contributed by atoms with Gasteiger partial charge in [-0.25, -0.2) is 0 Å². The van der Waals surface area contributed by atoms with Crippen LogP contribution in [0.5, 0.6) is 0 Å². The predicted octanol–water partition coefficient (Wildman–Crippen LogP) is 2.74. The summed E-state index contributed by atoms with van der Waals surface area (Å²) >= 11 is 0. The Morgan fingerprint density at radius 3 is 2.23 bits per heavy atom. The fourth-order valence-corrected chi connectivity index (χ4v) is 2.11. The number of nitrogens with zero attached hydrogens (tertiary/aromatic N) is 1. The molecule has 0 spiro atoms. The van der Waals surface area contributed by atoms with Crippen LogP contribution in [0.3, 0.4) is 0 Å². The summed E-state index contributed by atoms with van der Waals surface area (Å²) in [5.74, 6) is 0. The molecule has 0 unspecified atom stereocenters. The van der Waals surface area contributed by atoms with Crippen molar-refractivity contribution >= 4 is 0 Å². The number of hydrogen-bond donors (Lipinski definition) is 0. The van der Waals surface area contributed by atoms with Gasteiger partial charge in [0.05, 0.1) is 11.5 Å². The lowest BCUT2D eigenvalue weighted by Crippen LogP contribution is -2.32. The summed E-state index contributed by atoms with van der Waals surface area (Å²) in [5.41, 5.74) is 0.129. The highest BCUT2D eigenvalue weighted by atomic mass is 16.5. The lowest BCUT2D eigenvalue weighted by atomic mass is 9.70. The van der Waals surface area contributed by atoms with Gasteiger partial charge < -0.3 is 4.74 Å². The molecule has 74 valence electrons. The summed E-state index contributed by atoms with van der Waals surface area (Å²) in [6.07, 6.45) is 2.79. The summed E-state index contributed by atoms with van der Waals surface area (Å²) < 4.78 is 5.29. The van der Waals surface area contributed by atoms with Gasteiger partial charge in [-0.1, -0.05) is 20.8 Å². The average Bonchev–Trinajstić information content (AvgIpc) is 2.03. The van der Waals surface area contributed by atoms with Crippen LogP contribution in [-0.2, 0) is 4.74 Å². The van der Waals surface area contributed by atoms with E-state index in [0.29, 0.717) is 0 Å². The molecule has 0 bridgehead atoms. The van der Waals surface area contributed by atoms with Crippen molar-refractivity contribution in [1.29, 1.82) is 5.26 Å². The third-order valence-corrected chi connectivity index (χ3v) is 2.56. The normalized spacial score (nSPS) is 22.3. The van der Waals surface area contributed by atoms with Crippen molar-refractivity contribution in [3.63, 3.8) is 0 Å². The minimum absolute atomic E-state index is 0.115. The molecular formula is C11H19NO. The average molecular weight is 181 g/mol. The first kappa shape index (κ1) is 10.5. The van der Waals surface area contributed by atoms with Crippen LogP contribution in [0.15, 0.2) is 0 Å². The summed E-state index contributed by atoms with van der Waals surface area (Å²) in [5, 5.41) is 9.20. The van der Waals surface area contributed by atoms with Crippen molar-refractivity contribution < 1.29 is 4.74 Å². The summed E-state index contributed by atoms with van der Waals surface area (Å²) in [6, 6.07) is 2.49. The molecule has 1 aliphatic rings. The molecule has 0 radical (unpaired) electrons. The molecule has 13 heavy (non-hydrogen) atoms. The molecular weight excluding hydrogens is 162 g/mol. The van der Waals surface area contributed by atoms with Crippen molar-refractivity contribution in [2.24, 2.45) is 10.8 Å². The number of hydrogen-bond acceptors (Lipinski definition) is 2. The first-order chi connectivity index (χ1) is 5.97. The Morgan fingerprint density at radius 1 is 1.31 bits per heavy atom. The van der Waals surface area contributed by atoms with Crippen LogP contribution in [0.2, 0.25) is 0 Å². The van der Waals surface area contributed by atoms with E-state index in [1.54, 1.807) is 0 Å². The Hall–Kier alpha value is -0.550. The van der Waals surface area contributed by atoms with E-state index in [0.717, 1.165) is 32.5 Å². The Morgan fingerprint density at radius 2 is 1.85 bits per heavy atom. The van der Waals surface area contributed by atoms with Crippen LogP contribution >= 0.6 is 0 Å². The molecule has 2 nitrogen and oxygen atoms in total. The van der Waals surface area contributed by atoms with Gasteiger partial charge in [0.1, 0.15) is 0 Å². The predicted molar refractivity (Wildman–Crippen MR) is 52.2 cm³/mol. The molecule has 0 saturated carbocycles. The van der Waals surface area contributed by atoms with Gasteiger partial charge in [-0.3, -0.25) is 0 Å². The molecule has 0 amide bonds. The lowest BCUT2D eigenvalue weighted by molar-refractivity contribution is 0.0230. The van der Waals surface area contributed by atoms with Crippen molar-refractivity contribution in [1.82, 2.24) is 0 Å². The number of rotatable bonds is 1. The molecule has 0 atom stereocenters. The van der Waals surface area contributed by atoms with Crippen molar-refractivity contribution in [2.45, 2.75) is 40.0 Å². The monoisotopic (exact) mass is 181 g/mol. The number of ether oxygens (including phenoxy) is 1. The third kappa shape index (κ3) is 3.00. The van der Waals surface area contributed by atoms with E-state index in [1.807, 2.05) is 0 Å². The molecule has 0 aromatic heterocycles. The van der Waals surface area contributed by atoms with Gasteiger partial charge in [0, 0.05) is 13.2 Å². The van der Waals surface area contributed by atoms with Crippen LogP contribution in [-0.4, -0.2) is 13.2 Å². The van der Waals surface area contributed by atoms with Crippen LogP contribution < -0.4 is 0 Å². The highest BCUT2D eigenvalue weighted by Gasteiger charge is 2.36. The second-order valence-corrected chi connectivity index (χ2v) is 5.24. The number of nitriles is 1. The summed E-state index contributed by atoms with van der Waals surface area (Å²) in [4.78, 5) is 0. The van der Waals surface area contributed by atoms with Gasteiger partial charge in [-0.05, 0) is 24.7 Å². The lowest BCUT2D eigenvalue weighted by Gasteiger charge is -2.35. The van der Waals surface area contributed by atoms with E-state index < -0.39 is 0 Å². The van der Waals surface area contributed by atoms with Gasteiger partial charge in [0.15, 0.2) is 0 Å². The van der Waals surface area contributed by atoms with E-state index in [-0.39, 0.29) is 10.8 Å². The molecule has 1 heterocycles. The van der Waals surface area contributed by atoms with Crippen LogP contribution in [0.1, 0.15) is 40.0 Å². The first-order valence-electron chi connectivity index (χ1n) is 4.97. The molecule has 0 N–H and O–H groups in total. The van der Waals surface area contributed by atoms with Crippen molar-refractivity contribution in [3.8, 4) is 6.07 Å². The second-order valence-electron chi connectivity index (χ2n) is 5.24. The minimum atomic E-state index is -0.115. The van der Waals surface area contributed by atoms with Crippen molar-refractivity contribution in [2.75, 3.05) is 13.2 Å². The molecule has 0 aromatic rings. The molecule has 1 aliphatic heterocycles. The van der Waals surface area contributed by atoms with E-state index in [1.165, 1.54) is 0 Å². The standard InChI is InChI=1S/C11H19NO/c1-10(2,3)8-11(9-12)4-6-13-7-5-11/h4-8H2,1-3H3. The summed E-state index contributed by atoms with van der Waals surface area (Å²) in [7, 11) is 0. The largest absolute Gasteiger partial charge is 0.381 e. The molecule has 0 aliphatic carbocycles. The zero-order valence-electron chi connectivity index (χ0n) is 8.89. The molecule has 1 rings (SSSR count). The van der Waals surface area contributed by atoms with Crippen LogP contribution in [0.4, 0.5) is 0 Å². The van der Waals surface area contributed by atoms with E-state index in [4.69, 9.17) is 4.74 Å². The third-order valence-electron chi connectivity index (χ3n) is 2.56. The van der Waals surface area contributed by atoms with Gasteiger partial charge in [0.2, 0.25) is 0 Å². The van der Waals surface area contributed by atoms with Crippen LogP contribution in [0.25, 0.3) is 0 Å². The quantitative estimate of drug-likeness (QED) is 0.623. The zero-order chi connectivity index (χ0) is 9.95. The van der Waals surface area contributed by atoms with E-state index >= 15 is 0 Å². The fourth-order valence-electron chi connectivity index (χ4n) is 2.11. The Labute approximate surface area is 80.9 Å². The van der Waals surface area contributed by atoms with Gasteiger partial charge >= 0.3 is 0 Å². The molecule has 1 fully saturated rings. The molecule has 1 saturated heterocycles. The second kappa shape index (κ2) is 3.67. The Kier molecular flexibility index (Phi) is 2.98. The van der Waals surface area contributed by atoms with E-state index in [2.05, 4.69) is 26.8 Å². The maximum atomic E-state index is 9.20. The zero-order valence-corrected chi connectivity index (χ0v) is 8.89. The SMILES string of the molecule is CC(C)(C)CC1(C#N)CCOCC1. The Bertz CT molecular complexity index is 203. The Balaban J connectivity index is 2.65. The van der Waals surface area contributed by atoms with Gasteiger partial charge in [0.25, 0.3) is 0 Å². The molecule has 2 heteroatoms. The first-order valence-corrected chi connectivity index (χ1v) is 4.97. The van der Waals surface area contributed by atoms with Gasteiger partial charge in [-0.15, -0.1) is 0 Å². The smallest absolute Gasteiger partial charge is 0.0691 e. The van der Waals surface area contributed by atoms with E-state index in [9.17, 15) is 5.26 Å². The maximum Gasteiger partial charge on any atom is 0.0691 e.